The SMILES string of the molecule is CSCC(=NN(C)C(=O)O)C(C)(C)C. The predicted molar refractivity (Wildman–Crippen MR) is 61.1 cm³/mol. The molecule has 0 aliphatic heterocycles. The van der Waals surface area contributed by atoms with E-state index in [9.17, 15) is 4.79 Å². The Morgan fingerprint density at radius 3 is 2.29 bits per heavy atom. The van der Waals surface area contributed by atoms with Crippen LogP contribution in [0.1, 0.15) is 20.8 Å². The minimum atomic E-state index is -1.03. The first kappa shape index (κ1) is 13.3. The van der Waals surface area contributed by atoms with Crippen molar-refractivity contribution in [1.82, 2.24) is 5.01 Å². The Bertz CT molecular complexity index is 233. The van der Waals surface area contributed by atoms with Crippen LogP contribution in [0.3, 0.4) is 0 Å². The number of thioether (sulfide) groups is 1. The first-order chi connectivity index (χ1) is 6.29. The number of hydrogen-bond donors (Lipinski definition) is 1. The number of rotatable bonds is 3. The summed E-state index contributed by atoms with van der Waals surface area (Å²) in [6, 6.07) is 0. The third-order valence-corrected chi connectivity index (χ3v) is 2.26. The second kappa shape index (κ2) is 5.24. The second-order valence-corrected chi connectivity index (χ2v) is 4.90. The highest BCUT2D eigenvalue weighted by Crippen LogP contribution is 2.19. The molecule has 1 N–H and O–H groups in total. The molecule has 0 atom stereocenters. The van der Waals surface area contributed by atoms with Crippen molar-refractivity contribution in [1.29, 1.82) is 0 Å². The van der Waals surface area contributed by atoms with Crippen LogP contribution < -0.4 is 0 Å². The fourth-order valence-electron chi connectivity index (χ4n) is 0.756. The summed E-state index contributed by atoms with van der Waals surface area (Å²) < 4.78 is 0. The van der Waals surface area contributed by atoms with Gasteiger partial charge in [0.15, 0.2) is 0 Å². The molecule has 0 rings (SSSR count). The number of hydrazone groups is 1. The van der Waals surface area contributed by atoms with Gasteiger partial charge in [-0.1, -0.05) is 20.8 Å². The second-order valence-electron chi connectivity index (χ2n) is 4.04. The van der Waals surface area contributed by atoms with Gasteiger partial charge in [-0.05, 0) is 6.26 Å². The van der Waals surface area contributed by atoms with Gasteiger partial charge in [0.05, 0.1) is 5.71 Å². The molecule has 0 fully saturated rings. The van der Waals surface area contributed by atoms with E-state index in [1.54, 1.807) is 11.8 Å². The Morgan fingerprint density at radius 2 is 2.00 bits per heavy atom. The monoisotopic (exact) mass is 218 g/mol. The molecular formula is C9H18N2O2S. The van der Waals surface area contributed by atoms with E-state index in [1.807, 2.05) is 27.0 Å². The molecule has 0 radical (unpaired) electrons. The molecule has 0 unspecified atom stereocenters. The molecular weight excluding hydrogens is 200 g/mol. The van der Waals surface area contributed by atoms with E-state index in [2.05, 4.69) is 5.10 Å². The lowest BCUT2D eigenvalue weighted by Gasteiger charge is -2.22. The smallest absolute Gasteiger partial charge is 0.427 e. The van der Waals surface area contributed by atoms with Crippen molar-refractivity contribution >= 4 is 23.6 Å². The number of hydrogen-bond acceptors (Lipinski definition) is 3. The molecule has 0 aromatic carbocycles. The van der Waals surface area contributed by atoms with Crippen LogP contribution in [0.5, 0.6) is 0 Å². The van der Waals surface area contributed by atoms with Gasteiger partial charge in [-0.15, -0.1) is 0 Å². The average molecular weight is 218 g/mol. The summed E-state index contributed by atoms with van der Waals surface area (Å²) >= 11 is 1.64. The summed E-state index contributed by atoms with van der Waals surface area (Å²) in [6.45, 7) is 6.08. The zero-order valence-corrected chi connectivity index (χ0v) is 10.2. The molecule has 0 aromatic heterocycles. The van der Waals surface area contributed by atoms with Gasteiger partial charge in [0, 0.05) is 18.2 Å². The predicted octanol–water partition coefficient (Wildman–Crippen LogP) is 2.36. The van der Waals surface area contributed by atoms with Gasteiger partial charge in [0.25, 0.3) is 0 Å². The maximum atomic E-state index is 10.6. The van der Waals surface area contributed by atoms with Gasteiger partial charge in [-0.2, -0.15) is 16.9 Å². The van der Waals surface area contributed by atoms with Crippen LogP contribution in [0.4, 0.5) is 4.79 Å². The summed E-state index contributed by atoms with van der Waals surface area (Å²) in [7, 11) is 1.44. The van der Waals surface area contributed by atoms with Gasteiger partial charge in [0.2, 0.25) is 0 Å². The van der Waals surface area contributed by atoms with E-state index in [-0.39, 0.29) is 5.41 Å². The van der Waals surface area contributed by atoms with Crippen molar-refractivity contribution in [2.75, 3.05) is 19.1 Å². The molecule has 0 heterocycles. The fraction of sp³-hybridized carbons (Fsp3) is 0.778. The van der Waals surface area contributed by atoms with Gasteiger partial charge in [-0.3, -0.25) is 0 Å². The van der Waals surface area contributed by atoms with Gasteiger partial charge in [0.1, 0.15) is 0 Å². The van der Waals surface area contributed by atoms with Crippen LogP contribution >= 0.6 is 11.8 Å². The van der Waals surface area contributed by atoms with Crippen LogP contribution in [-0.4, -0.2) is 41.0 Å². The highest BCUT2D eigenvalue weighted by atomic mass is 32.2. The first-order valence-corrected chi connectivity index (χ1v) is 5.72. The van der Waals surface area contributed by atoms with Crippen molar-refractivity contribution in [3.63, 3.8) is 0 Å². The van der Waals surface area contributed by atoms with E-state index in [0.717, 1.165) is 16.5 Å². The molecule has 0 aromatic rings. The van der Waals surface area contributed by atoms with Gasteiger partial charge >= 0.3 is 6.09 Å². The molecule has 0 saturated carbocycles. The molecule has 0 bridgehead atoms. The highest BCUT2D eigenvalue weighted by molar-refractivity contribution is 7.99. The number of amides is 1. The van der Waals surface area contributed by atoms with Crippen molar-refractivity contribution in [2.45, 2.75) is 20.8 Å². The lowest BCUT2D eigenvalue weighted by atomic mass is 9.91. The van der Waals surface area contributed by atoms with Crippen molar-refractivity contribution in [2.24, 2.45) is 10.5 Å². The van der Waals surface area contributed by atoms with Crippen molar-refractivity contribution in [3.8, 4) is 0 Å². The molecule has 4 nitrogen and oxygen atoms in total. The first-order valence-electron chi connectivity index (χ1n) is 4.32. The number of carboxylic acid groups (broad SMARTS) is 1. The summed E-state index contributed by atoms with van der Waals surface area (Å²) in [5.41, 5.74) is 0.794. The number of nitrogens with zero attached hydrogens (tertiary/aromatic N) is 2. The lowest BCUT2D eigenvalue weighted by Crippen LogP contribution is -2.28. The zero-order chi connectivity index (χ0) is 11.4. The van der Waals surface area contributed by atoms with Gasteiger partial charge < -0.3 is 5.11 Å². The molecule has 5 heteroatoms. The molecule has 0 saturated heterocycles. The Hall–Kier alpha value is -0.710. The van der Waals surface area contributed by atoms with Crippen molar-refractivity contribution in [3.05, 3.63) is 0 Å². The summed E-state index contributed by atoms with van der Waals surface area (Å²) in [5, 5.41) is 13.7. The van der Waals surface area contributed by atoms with E-state index < -0.39 is 6.09 Å². The third-order valence-electron chi connectivity index (χ3n) is 1.69. The maximum absolute atomic E-state index is 10.6. The fourth-order valence-corrected chi connectivity index (χ4v) is 1.52. The molecule has 1 amide bonds. The van der Waals surface area contributed by atoms with Crippen molar-refractivity contribution < 1.29 is 9.90 Å². The summed E-state index contributed by atoms with van der Waals surface area (Å²) in [5.74, 6) is 0.751. The van der Waals surface area contributed by atoms with E-state index in [0.29, 0.717) is 0 Å². The van der Waals surface area contributed by atoms with Crippen LogP contribution in [0.15, 0.2) is 5.10 Å². The highest BCUT2D eigenvalue weighted by Gasteiger charge is 2.20. The Kier molecular flexibility index (Phi) is 4.97. The standard InChI is InChI=1S/C9H18N2O2S/c1-9(2,3)7(6-14-5)10-11(4)8(12)13/h6H2,1-5H3,(H,12,13). The lowest BCUT2D eigenvalue weighted by molar-refractivity contribution is 0.157. The Morgan fingerprint density at radius 1 is 1.50 bits per heavy atom. The summed E-state index contributed by atoms with van der Waals surface area (Å²) in [6.07, 6.45) is 0.940. The molecule has 0 aliphatic rings. The molecule has 14 heavy (non-hydrogen) atoms. The molecule has 82 valence electrons. The summed E-state index contributed by atoms with van der Waals surface area (Å²) in [4.78, 5) is 10.6. The molecule has 0 spiro atoms. The van der Waals surface area contributed by atoms with E-state index >= 15 is 0 Å². The van der Waals surface area contributed by atoms with E-state index in [4.69, 9.17) is 5.11 Å². The van der Waals surface area contributed by atoms with Crippen LogP contribution in [0, 0.1) is 5.41 Å². The zero-order valence-electron chi connectivity index (χ0n) is 9.37. The Labute approximate surface area is 89.4 Å². The van der Waals surface area contributed by atoms with Crippen LogP contribution in [0.25, 0.3) is 0 Å². The number of carbonyl (C=O) groups is 1. The van der Waals surface area contributed by atoms with Crippen LogP contribution in [-0.2, 0) is 0 Å². The Balaban J connectivity index is 4.73. The third kappa shape index (κ3) is 4.50. The minimum absolute atomic E-state index is 0.0906. The minimum Gasteiger partial charge on any atom is -0.464 e. The van der Waals surface area contributed by atoms with Gasteiger partial charge in [-0.25, -0.2) is 9.80 Å². The van der Waals surface area contributed by atoms with Crippen LogP contribution in [0.2, 0.25) is 0 Å². The quantitative estimate of drug-likeness (QED) is 0.584. The average Bonchev–Trinajstić information content (AvgIpc) is 2.01. The largest absolute Gasteiger partial charge is 0.464 e. The normalized spacial score (nSPS) is 12.8. The topological polar surface area (TPSA) is 52.9 Å². The van der Waals surface area contributed by atoms with E-state index in [1.165, 1.54) is 7.05 Å². The maximum Gasteiger partial charge on any atom is 0.427 e. The molecule has 0 aliphatic carbocycles.